The van der Waals surface area contributed by atoms with Gasteiger partial charge in [-0.3, -0.25) is 0 Å². The molecule has 0 bridgehead atoms. The lowest BCUT2D eigenvalue weighted by molar-refractivity contribution is 0.516. The summed E-state index contributed by atoms with van der Waals surface area (Å²) in [7, 11) is 0. The summed E-state index contributed by atoms with van der Waals surface area (Å²) in [5.41, 5.74) is 11.2. The number of hydrogen-bond donors (Lipinski definition) is 1. The standard InChI is InChI=1S/C15H25N/c1-5-11(3)7-8-13-9-10-15(16)14(6-2)12(13)4/h9-11H,5-8,16H2,1-4H3. The Morgan fingerprint density at radius 3 is 2.50 bits per heavy atom. The van der Waals surface area contributed by atoms with E-state index in [0.717, 1.165) is 18.0 Å². The minimum Gasteiger partial charge on any atom is -0.398 e. The number of rotatable bonds is 5. The molecule has 1 nitrogen and oxygen atoms in total. The minimum atomic E-state index is 0.821. The highest BCUT2D eigenvalue weighted by Crippen LogP contribution is 2.23. The summed E-state index contributed by atoms with van der Waals surface area (Å²) in [5, 5.41) is 0. The van der Waals surface area contributed by atoms with Gasteiger partial charge in [-0.1, -0.05) is 33.3 Å². The number of anilines is 1. The summed E-state index contributed by atoms with van der Waals surface area (Å²) in [5.74, 6) is 0.821. The van der Waals surface area contributed by atoms with Gasteiger partial charge in [0.05, 0.1) is 0 Å². The van der Waals surface area contributed by atoms with Crippen molar-refractivity contribution >= 4 is 5.69 Å². The fourth-order valence-corrected chi connectivity index (χ4v) is 2.17. The van der Waals surface area contributed by atoms with Gasteiger partial charge < -0.3 is 5.73 Å². The first-order chi connectivity index (χ1) is 7.60. The van der Waals surface area contributed by atoms with E-state index in [4.69, 9.17) is 5.73 Å². The molecule has 1 atom stereocenters. The topological polar surface area (TPSA) is 26.0 Å². The molecule has 2 N–H and O–H groups in total. The molecule has 0 spiro atoms. The summed E-state index contributed by atoms with van der Waals surface area (Å²) < 4.78 is 0. The molecule has 0 radical (unpaired) electrons. The van der Waals surface area contributed by atoms with Crippen molar-refractivity contribution in [1.82, 2.24) is 0 Å². The van der Waals surface area contributed by atoms with Crippen molar-refractivity contribution in [2.45, 2.75) is 53.4 Å². The highest BCUT2D eigenvalue weighted by atomic mass is 14.6. The molecule has 1 unspecified atom stereocenters. The van der Waals surface area contributed by atoms with E-state index < -0.39 is 0 Å². The van der Waals surface area contributed by atoms with Gasteiger partial charge in [-0.05, 0) is 54.9 Å². The minimum absolute atomic E-state index is 0.821. The molecule has 0 aliphatic heterocycles. The normalized spacial score (nSPS) is 12.8. The Bertz CT molecular complexity index is 342. The molecule has 0 heterocycles. The van der Waals surface area contributed by atoms with Gasteiger partial charge in [-0.25, -0.2) is 0 Å². The molecule has 0 aromatic heterocycles. The van der Waals surface area contributed by atoms with E-state index in [9.17, 15) is 0 Å². The lowest BCUT2D eigenvalue weighted by Gasteiger charge is -2.14. The zero-order valence-electron chi connectivity index (χ0n) is 11.1. The SMILES string of the molecule is CCc1c(N)ccc(CCC(C)CC)c1C. The molecular weight excluding hydrogens is 194 g/mol. The Labute approximate surface area is 100 Å². The largest absolute Gasteiger partial charge is 0.398 e. The monoisotopic (exact) mass is 219 g/mol. The molecule has 0 saturated heterocycles. The van der Waals surface area contributed by atoms with Gasteiger partial charge in [0.15, 0.2) is 0 Å². The molecule has 1 rings (SSSR count). The van der Waals surface area contributed by atoms with Crippen LogP contribution >= 0.6 is 0 Å². The molecule has 0 saturated carbocycles. The quantitative estimate of drug-likeness (QED) is 0.741. The summed E-state index contributed by atoms with van der Waals surface area (Å²) in [6.45, 7) is 8.98. The highest BCUT2D eigenvalue weighted by Gasteiger charge is 2.07. The predicted octanol–water partition coefficient (Wildman–Crippen LogP) is 4.12. The Morgan fingerprint density at radius 2 is 1.94 bits per heavy atom. The van der Waals surface area contributed by atoms with Crippen LogP contribution in [0.25, 0.3) is 0 Å². The van der Waals surface area contributed by atoms with Crippen molar-refractivity contribution in [3.63, 3.8) is 0 Å². The summed E-state index contributed by atoms with van der Waals surface area (Å²) in [4.78, 5) is 0. The van der Waals surface area contributed by atoms with Crippen molar-refractivity contribution in [2.75, 3.05) is 5.73 Å². The molecule has 0 aliphatic carbocycles. The second kappa shape index (κ2) is 5.93. The van der Waals surface area contributed by atoms with E-state index in [2.05, 4.69) is 39.8 Å². The number of nitrogens with two attached hydrogens (primary N) is 1. The third-order valence-corrected chi connectivity index (χ3v) is 3.70. The second-order valence-electron chi connectivity index (χ2n) is 4.82. The maximum Gasteiger partial charge on any atom is 0.0349 e. The maximum atomic E-state index is 5.98. The van der Waals surface area contributed by atoms with Gasteiger partial charge >= 0.3 is 0 Å². The number of benzene rings is 1. The van der Waals surface area contributed by atoms with Gasteiger partial charge in [0.2, 0.25) is 0 Å². The van der Waals surface area contributed by atoms with Crippen LogP contribution in [0.4, 0.5) is 5.69 Å². The first-order valence-electron chi connectivity index (χ1n) is 6.46. The van der Waals surface area contributed by atoms with Gasteiger partial charge in [0, 0.05) is 5.69 Å². The summed E-state index contributed by atoms with van der Waals surface area (Å²) in [6.07, 6.45) is 4.78. The van der Waals surface area contributed by atoms with Gasteiger partial charge in [0.25, 0.3) is 0 Å². The zero-order chi connectivity index (χ0) is 12.1. The Balaban J connectivity index is 2.81. The molecule has 0 fully saturated rings. The molecule has 0 aliphatic rings. The van der Waals surface area contributed by atoms with Crippen molar-refractivity contribution in [2.24, 2.45) is 5.92 Å². The lowest BCUT2D eigenvalue weighted by Crippen LogP contribution is -2.02. The molecule has 0 amide bonds. The number of hydrogen-bond acceptors (Lipinski definition) is 1. The Hall–Kier alpha value is -0.980. The smallest absolute Gasteiger partial charge is 0.0349 e. The van der Waals surface area contributed by atoms with Crippen LogP contribution in [0, 0.1) is 12.8 Å². The van der Waals surface area contributed by atoms with Crippen molar-refractivity contribution < 1.29 is 0 Å². The summed E-state index contributed by atoms with van der Waals surface area (Å²) >= 11 is 0. The maximum absolute atomic E-state index is 5.98. The summed E-state index contributed by atoms with van der Waals surface area (Å²) in [6, 6.07) is 4.27. The average molecular weight is 219 g/mol. The third kappa shape index (κ3) is 3.01. The van der Waals surface area contributed by atoms with Crippen LogP contribution in [0.5, 0.6) is 0 Å². The van der Waals surface area contributed by atoms with Crippen molar-refractivity contribution in [1.29, 1.82) is 0 Å². The van der Waals surface area contributed by atoms with E-state index in [-0.39, 0.29) is 0 Å². The average Bonchev–Trinajstić information content (AvgIpc) is 2.28. The van der Waals surface area contributed by atoms with Crippen molar-refractivity contribution in [3.05, 3.63) is 28.8 Å². The van der Waals surface area contributed by atoms with E-state index in [1.165, 1.54) is 36.0 Å². The van der Waals surface area contributed by atoms with Crippen LogP contribution in [-0.2, 0) is 12.8 Å². The lowest BCUT2D eigenvalue weighted by atomic mass is 9.93. The van der Waals surface area contributed by atoms with Crippen LogP contribution in [0.15, 0.2) is 12.1 Å². The molecular formula is C15H25N. The molecule has 1 aromatic carbocycles. The van der Waals surface area contributed by atoms with E-state index in [1.54, 1.807) is 0 Å². The predicted molar refractivity (Wildman–Crippen MR) is 72.7 cm³/mol. The third-order valence-electron chi connectivity index (χ3n) is 3.70. The molecule has 1 aromatic rings. The van der Waals surface area contributed by atoms with Crippen LogP contribution in [0.3, 0.4) is 0 Å². The first kappa shape index (κ1) is 13.1. The second-order valence-corrected chi connectivity index (χ2v) is 4.82. The number of aryl methyl sites for hydroxylation is 1. The number of nitrogen functional groups attached to an aromatic ring is 1. The Kier molecular flexibility index (Phi) is 4.85. The van der Waals surface area contributed by atoms with E-state index >= 15 is 0 Å². The zero-order valence-corrected chi connectivity index (χ0v) is 11.1. The fraction of sp³-hybridized carbons (Fsp3) is 0.600. The first-order valence-corrected chi connectivity index (χ1v) is 6.46. The molecule has 1 heteroatoms. The van der Waals surface area contributed by atoms with E-state index in [1.807, 2.05) is 0 Å². The molecule has 16 heavy (non-hydrogen) atoms. The molecule has 90 valence electrons. The van der Waals surface area contributed by atoms with Gasteiger partial charge in [0.1, 0.15) is 0 Å². The van der Waals surface area contributed by atoms with Crippen LogP contribution in [0.2, 0.25) is 0 Å². The Morgan fingerprint density at radius 1 is 1.25 bits per heavy atom. The van der Waals surface area contributed by atoms with Gasteiger partial charge in [-0.2, -0.15) is 0 Å². The van der Waals surface area contributed by atoms with Crippen LogP contribution < -0.4 is 5.73 Å². The van der Waals surface area contributed by atoms with Gasteiger partial charge in [-0.15, -0.1) is 0 Å². The van der Waals surface area contributed by atoms with Crippen LogP contribution in [0.1, 0.15) is 50.3 Å². The van der Waals surface area contributed by atoms with Crippen molar-refractivity contribution in [3.8, 4) is 0 Å². The van der Waals surface area contributed by atoms with E-state index in [0.29, 0.717) is 0 Å². The van der Waals surface area contributed by atoms with Crippen LogP contribution in [-0.4, -0.2) is 0 Å². The fourth-order valence-electron chi connectivity index (χ4n) is 2.17. The highest BCUT2D eigenvalue weighted by molar-refractivity contribution is 5.53.